The van der Waals surface area contributed by atoms with Gasteiger partial charge in [-0.25, -0.2) is 14.4 Å². The summed E-state index contributed by atoms with van der Waals surface area (Å²) in [6.07, 6.45) is 3.14. The molecule has 0 spiro atoms. The normalized spacial score (nSPS) is 14.2. The van der Waals surface area contributed by atoms with Crippen LogP contribution in [0.1, 0.15) is 17.7 Å². The Bertz CT molecular complexity index is 1490. The van der Waals surface area contributed by atoms with Crippen LogP contribution in [0.25, 0.3) is 50.3 Å². The fourth-order valence-electron chi connectivity index (χ4n) is 4.37. The van der Waals surface area contributed by atoms with E-state index in [0.717, 1.165) is 64.0 Å². The number of H-pyrrole nitrogens is 2. The first-order valence-electron chi connectivity index (χ1n) is 10.7. The second-order valence-corrected chi connectivity index (χ2v) is 8.15. The third kappa shape index (κ3) is 3.18. The molecule has 3 aromatic heterocycles. The van der Waals surface area contributed by atoms with Crippen LogP contribution >= 0.6 is 0 Å². The number of pyridine rings is 1. The highest BCUT2D eigenvalue weighted by atomic mass is 19.1. The summed E-state index contributed by atoms with van der Waals surface area (Å²) in [6, 6.07) is 15.0. The van der Waals surface area contributed by atoms with Crippen LogP contribution < -0.4 is 5.32 Å². The number of fused-ring (bicyclic) bond motifs is 2. The van der Waals surface area contributed by atoms with E-state index in [1.54, 1.807) is 6.07 Å². The Hall–Kier alpha value is -3.84. The topological polar surface area (TPSA) is 82.3 Å². The van der Waals surface area contributed by atoms with Crippen molar-refractivity contribution < 1.29 is 4.39 Å². The van der Waals surface area contributed by atoms with Crippen molar-refractivity contribution in [2.24, 2.45) is 0 Å². The molecule has 0 radical (unpaired) electrons. The third-order valence-electron chi connectivity index (χ3n) is 5.89. The van der Waals surface area contributed by atoms with E-state index in [1.165, 1.54) is 11.6 Å². The standard InChI is InChI=1S/C25H21FN6/c1-14-11-16(13-17(26)12-14)18-3-2-4-20-22(18)30-25(29-20)24-23-21(31-32-24)6-5-19(28-23)15-7-9-27-10-8-15/h2-7,11-13,27H,8-10H2,1H3,(H,29,30)(H,31,32). The van der Waals surface area contributed by atoms with Gasteiger partial charge >= 0.3 is 0 Å². The predicted molar refractivity (Wildman–Crippen MR) is 125 cm³/mol. The van der Waals surface area contributed by atoms with Gasteiger partial charge in [0.15, 0.2) is 11.5 Å². The average molecular weight is 424 g/mol. The molecule has 0 bridgehead atoms. The summed E-state index contributed by atoms with van der Waals surface area (Å²) in [4.78, 5) is 13.1. The molecule has 158 valence electrons. The van der Waals surface area contributed by atoms with Crippen molar-refractivity contribution in [3.8, 4) is 22.6 Å². The molecule has 4 heterocycles. The average Bonchev–Trinajstić information content (AvgIpc) is 3.42. The first-order chi connectivity index (χ1) is 15.7. The largest absolute Gasteiger partial charge is 0.336 e. The van der Waals surface area contributed by atoms with Crippen molar-refractivity contribution in [1.29, 1.82) is 0 Å². The fourth-order valence-corrected chi connectivity index (χ4v) is 4.37. The first-order valence-corrected chi connectivity index (χ1v) is 10.7. The molecular formula is C25H21FN6. The number of hydrogen-bond acceptors (Lipinski definition) is 4. The van der Waals surface area contributed by atoms with Gasteiger partial charge in [0.2, 0.25) is 0 Å². The molecule has 2 aromatic carbocycles. The summed E-state index contributed by atoms with van der Waals surface area (Å²) in [5.74, 6) is 0.380. The van der Waals surface area contributed by atoms with Crippen LogP contribution in [0.2, 0.25) is 0 Å². The molecule has 1 aliphatic rings. The molecule has 1 aliphatic heterocycles. The number of hydrogen-bond donors (Lipinski definition) is 3. The molecule has 5 aromatic rings. The molecule has 6 nitrogen and oxygen atoms in total. The van der Waals surface area contributed by atoms with Gasteiger partial charge < -0.3 is 10.3 Å². The maximum Gasteiger partial charge on any atom is 0.161 e. The molecule has 32 heavy (non-hydrogen) atoms. The van der Waals surface area contributed by atoms with Gasteiger partial charge in [-0.3, -0.25) is 5.10 Å². The van der Waals surface area contributed by atoms with Crippen molar-refractivity contribution in [3.63, 3.8) is 0 Å². The second kappa shape index (κ2) is 7.39. The number of nitrogens with zero attached hydrogens (tertiary/aromatic N) is 3. The molecule has 7 heteroatoms. The smallest absolute Gasteiger partial charge is 0.161 e. The van der Waals surface area contributed by atoms with Gasteiger partial charge in [-0.15, -0.1) is 0 Å². The predicted octanol–water partition coefficient (Wildman–Crippen LogP) is 4.99. The van der Waals surface area contributed by atoms with Gasteiger partial charge in [0.25, 0.3) is 0 Å². The molecule has 0 amide bonds. The van der Waals surface area contributed by atoms with Crippen LogP contribution in [-0.2, 0) is 0 Å². The Morgan fingerprint density at radius 2 is 1.91 bits per heavy atom. The SMILES string of the molecule is Cc1cc(F)cc(-c2cccc3[nH]c(-c4n[nH]c5ccc(C6=CCNCC6)nc45)nc23)c1. The number of aryl methyl sites for hydroxylation is 1. The Labute approximate surface area is 183 Å². The number of imidazole rings is 1. The minimum Gasteiger partial charge on any atom is -0.336 e. The number of aromatic amines is 2. The highest BCUT2D eigenvalue weighted by molar-refractivity contribution is 5.96. The minimum absolute atomic E-state index is 0.255. The molecule has 3 N–H and O–H groups in total. The summed E-state index contributed by atoms with van der Waals surface area (Å²) in [6.45, 7) is 3.70. The van der Waals surface area contributed by atoms with E-state index in [2.05, 4.69) is 26.6 Å². The van der Waals surface area contributed by atoms with Gasteiger partial charge in [-0.2, -0.15) is 5.10 Å². The number of benzene rings is 2. The van der Waals surface area contributed by atoms with E-state index in [1.807, 2.05) is 43.3 Å². The monoisotopic (exact) mass is 424 g/mol. The quantitative estimate of drug-likeness (QED) is 0.381. The minimum atomic E-state index is -0.255. The maximum absolute atomic E-state index is 14.0. The number of nitrogens with one attached hydrogen (secondary N) is 3. The lowest BCUT2D eigenvalue weighted by Crippen LogP contribution is -2.20. The van der Waals surface area contributed by atoms with E-state index in [-0.39, 0.29) is 5.82 Å². The summed E-state index contributed by atoms with van der Waals surface area (Å²) >= 11 is 0. The van der Waals surface area contributed by atoms with Crippen LogP contribution in [0.5, 0.6) is 0 Å². The lowest BCUT2D eigenvalue weighted by molar-refractivity contribution is 0.627. The summed E-state index contributed by atoms with van der Waals surface area (Å²) in [5.41, 5.74) is 8.72. The molecule has 0 saturated carbocycles. The lowest BCUT2D eigenvalue weighted by Gasteiger charge is -2.13. The number of aromatic nitrogens is 5. The van der Waals surface area contributed by atoms with E-state index in [9.17, 15) is 4.39 Å². The highest BCUT2D eigenvalue weighted by Gasteiger charge is 2.17. The van der Waals surface area contributed by atoms with Crippen molar-refractivity contribution >= 4 is 27.6 Å². The van der Waals surface area contributed by atoms with E-state index >= 15 is 0 Å². The second-order valence-electron chi connectivity index (χ2n) is 8.15. The molecule has 0 saturated heterocycles. The molecule has 0 unspecified atom stereocenters. The third-order valence-corrected chi connectivity index (χ3v) is 5.89. The Balaban J connectivity index is 1.49. The number of para-hydroxylation sites is 1. The molecule has 6 rings (SSSR count). The zero-order valence-electron chi connectivity index (χ0n) is 17.5. The summed E-state index contributed by atoms with van der Waals surface area (Å²) in [7, 11) is 0. The number of rotatable bonds is 3. The van der Waals surface area contributed by atoms with Crippen LogP contribution in [0.4, 0.5) is 4.39 Å². The number of halogens is 1. The van der Waals surface area contributed by atoms with Gasteiger partial charge in [0.05, 0.1) is 22.2 Å². The maximum atomic E-state index is 14.0. The van der Waals surface area contributed by atoms with E-state index in [0.29, 0.717) is 11.5 Å². The van der Waals surface area contributed by atoms with E-state index < -0.39 is 0 Å². The van der Waals surface area contributed by atoms with Crippen molar-refractivity contribution in [2.45, 2.75) is 13.3 Å². The Kier molecular flexibility index (Phi) is 4.36. The summed E-state index contributed by atoms with van der Waals surface area (Å²) in [5, 5.41) is 10.9. The molecule has 0 fully saturated rings. The van der Waals surface area contributed by atoms with Gasteiger partial charge in [0.1, 0.15) is 11.3 Å². The zero-order valence-corrected chi connectivity index (χ0v) is 17.5. The zero-order chi connectivity index (χ0) is 21.7. The highest BCUT2D eigenvalue weighted by Crippen LogP contribution is 2.32. The van der Waals surface area contributed by atoms with Crippen molar-refractivity contribution in [2.75, 3.05) is 13.1 Å². The molecule has 0 atom stereocenters. The Morgan fingerprint density at radius 3 is 2.75 bits per heavy atom. The van der Waals surface area contributed by atoms with Gasteiger partial charge in [-0.1, -0.05) is 24.3 Å². The van der Waals surface area contributed by atoms with Gasteiger partial charge in [-0.05, 0) is 66.9 Å². The molecule has 0 aliphatic carbocycles. The van der Waals surface area contributed by atoms with Crippen LogP contribution in [-0.4, -0.2) is 38.2 Å². The fraction of sp³-hybridized carbons (Fsp3) is 0.160. The van der Waals surface area contributed by atoms with Crippen molar-refractivity contribution in [3.05, 3.63) is 71.7 Å². The summed E-state index contributed by atoms with van der Waals surface area (Å²) < 4.78 is 14.0. The Morgan fingerprint density at radius 1 is 0.969 bits per heavy atom. The van der Waals surface area contributed by atoms with Gasteiger partial charge in [0, 0.05) is 12.1 Å². The lowest BCUT2D eigenvalue weighted by atomic mass is 10.0. The van der Waals surface area contributed by atoms with Crippen LogP contribution in [0, 0.1) is 12.7 Å². The van der Waals surface area contributed by atoms with E-state index in [4.69, 9.17) is 9.97 Å². The molecular weight excluding hydrogens is 403 g/mol. The van der Waals surface area contributed by atoms with Crippen LogP contribution in [0.15, 0.2) is 54.6 Å². The van der Waals surface area contributed by atoms with Crippen LogP contribution in [0.3, 0.4) is 0 Å². The van der Waals surface area contributed by atoms with Crippen molar-refractivity contribution in [1.82, 2.24) is 30.5 Å². The first kappa shape index (κ1) is 18.9.